The number of rotatable bonds is 5. The van der Waals surface area contributed by atoms with E-state index in [9.17, 15) is 9.59 Å². The molecule has 1 amide bonds. The topological polar surface area (TPSA) is 66.7 Å². The SMILES string of the molecule is CCNc1nc2ccc(C)cn2c(=O)c1C=C1SC(=S)N(Cc2ccc(C)cc2)C1=O. The van der Waals surface area contributed by atoms with Crippen LogP contribution in [-0.2, 0) is 11.3 Å². The van der Waals surface area contributed by atoms with Gasteiger partial charge in [-0.25, -0.2) is 4.98 Å². The lowest BCUT2D eigenvalue weighted by atomic mass is 10.1. The van der Waals surface area contributed by atoms with E-state index in [0.717, 1.165) is 16.7 Å². The van der Waals surface area contributed by atoms with Crippen LogP contribution in [0.3, 0.4) is 0 Å². The Bertz CT molecular complexity index is 1280. The molecular weight excluding hydrogens is 428 g/mol. The molecule has 0 aliphatic carbocycles. The average molecular weight is 451 g/mol. The minimum Gasteiger partial charge on any atom is -0.370 e. The number of pyridine rings is 1. The monoisotopic (exact) mass is 450 g/mol. The Morgan fingerprint density at radius 1 is 1.10 bits per heavy atom. The second-order valence-corrected chi connectivity index (χ2v) is 9.07. The molecule has 6 nitrogen and oxygen atoms in total. The van der Waals surface area contributed by atoms with Gasteiger partial charge in [0.15, 0.2) is 0 Å². The molecule has 1 N–H and O–H groups in total. The maximum absolute atomic E-state index is 13.2. The summed E-state index contributed by atoms with van der Waals surface area (Å²) in [6.45, 7) is 6.87. The van der Waals surface area contributed by atoms with Crippen LogP contribution in [0, 0.1) is 13.8 Å². The molecule has 1 aliphatic rings. The van der Waals surface area contributed by atoms with Crippen LogP contribution in [-0.4, -0.2) is 31.1 Å². The van der Waals surface area contributed by atoms with Gasteiger partial charge < -0.3 is 5.32 Å². The summed E-state index contributed by atoms with van der Waals surface area (Å²) in [6.07, 6.45) is 3.36. The van der Waals surface area contributed by atoms with Crippen molar-refractivity contribution in [3.8, 4) is 0 Å². The van der Waals surface area contributed by atoms with Gasteiger partial charge in [-0.3, -0.25) is 18.9 Å². The number of carbonyl (C=O) groups is 1. The second kappa shape index (κ2) is 8.64. The standard InChI is InChI=1S/C23H22N4O2S2/c1-4-24-20-17(21(28)26-12-15(3)7-10-19(26)25-20)11-18-22(29)27(23(30)31-18)13-16-8-5-14(2)6-9-16/h5-12,24H,4,13H2,1-3H3. The third-order valence-electron chi connectivity index (χ3n) is 4.96. The molecule has 2 aromatic heterocycles. The van der Waals surface area contributed by atoms with Gasteiger partial charge in [-0.05, 0) is 44.0 Å². The first-order valence-electron chi connectivity index (χ1n) is 9.95. The summed E-state index contributed by atoms with van der Waals surface area (Å²) in [7, 11) is 0. The van der Waals surface area contributed by atoms with Crippen molar-refractivity contribution in [3.05, 3.63) is 80.1 Å². The summed E-state index contributed by atoms with van der Waals surface area (Å²) >= 11 is 6.67. The Balaban J connectivity index is 1.73. The number of carbonyl (C=O) groups excluding carboxylic acids is 1. The molecule has 158 valence electrons. The number of aryl methyl sites for hydroxylation is 2. The van der Waals surface area contributed by atoms with Crippen molar-refractivity contribution in [3.63, 3.8) is 0 Å². The number of thiocarbonyl (C=S) groups is 1. The van der Waals surface area contributed by atoms with Crippen LogP contribution in [0.25, 0.3) is 11.7 Å². The van der Waals surface area contributed by atoms with Crippen LogP contribution in [0.15, 0.2) is 52.3 Å². The highest BCUT2D eigenvalue weighted by molar-refractivity contribution is 8.26. The predicted octanol–water partition coefficient (Wildman–Crippen LogP) is 4.14. The van der Waals surface area contributed by atoms with E-state index in [1.165, 1.54) is 16.2 Å². The van der Waals surface area contributed by atoms with Crippen LogP contribution >= 0.6 is 24.0 Å². The number of amides is 1. The van der Waals surface area contributed by atoms with E-state index in [0.29, 0.717) is 39.3 Å². The Morgan fingerprint density at radius 2 is 1.81 bits per heavy atom. The van der Waals surface area contributed by atoms with E-state index in [1.807, 2.05) is 57.2 Å². The van der Waals surface area contributed by atoms with Gasteiger partial charge in [-0.2, -0.15) is 0 Å². The normalized spacial score (nSPS) is 15.3. The smallest absolute Gasteiger partial charge is 0.267 e. The second-order valence-electron chi connectivity index (χ2n) is 7.40. The number of hydrogen-bond acceptors (Lipinski definition) is 6. The van der Waals surface area contributed by atoms with Crippen LogP contribution in [0.4, 0.5) is 5.82 Å². The van der Waals surface area contributed by atoms with Crippen molar-refractivity contribution in [2.75, 3.05) is 11.9 Å². The maximum atomic E-state index is 13.2. The molecule has 1 aromatic carbocycles. The molecule has 8 heteroatoms. The third kappa shape index (κ3) is 4.26. The summed E-state index contributed by atoms with van der Waals surface area (Å²) in [5, 5.41) is 3.14. The van der Waals surface area contributed by atoms with Crippen molar-refractivity contribution >= 4 is 51.7 Å². The van der Waals surface area contributed by atoms with Gasteiger partial charge in [0.2, 0.25) is 0 Å². The zero-order valence-corrected chi connectivity index (χ0v) is 19.1. The zero-order valence-electron chi connectivity index (χ0n) is 17.5. The van der Waals surface area contributed by atoms with Crippen LogP contribution < -0.4 is 10.9 Å². The number of fused-ring (bicyclic) bond motifs is 1. The minimum absolute atomic E-state index is 0.202. The summed E-state index contributed by atoms with van der Waals surface area (Å²) in [5.74, 6) is 0.256. The molecule has 0 bridgehead atoms. The molecule has 31 heavy (non-hydrogen) atoms. The first-order valence-corrected chi connectivity index (χ1v) is 11.2. The summed E-state index contributed by atoms with van der Waals surface area (Å²) < 4.78 is 1.99. The van der Waals surface area contributed by atoms with E-state index in [-0.39, 0.29) is 11.5 Å². The third-order valence-corrected chi connectivity index (χ3v) is 6.34. The molecule has 1 saturated heterocycles. The van der Waals surface area contributed by atoms with Crippen molar-refractivity contribution in [1.82, 2.24) is 14.3 Å². The fourth-order valence-corrected chi connectivity index (χ4v) is 4.57. The molecule has 3 aromatic rings. The number of benzene rings is 1. The van der Waals surface area contributed by atoms with Gasteiger partial charge in [0.05, 0.1) is 17.0 Å². The lowest BCUT2D eigenvalue weighted by Gasteiger charge is -2.14. The van der Waals surface area contributed by atoms with Gasteiger partial charge in [0.1, 0.15) is 15.8 Å². The van der Waals surface area contributed by atoms with E-state index in [1.54, 1.807) is 17.2 Å². The Kier molecular flexibility index (Phi) is 5.93. The zero-order chi connectivity index (χ0) is 22.1. The first kappa shape index (κ1) is 21.3. The van der Waals surface area contributed by atoms with E-state index >= 15 is 0 Å². The highest BCUT2D eigenvalue weighted by Crippen LogP contribution is 2.34. The highest BCUT2D eigenvalue weighted by atomic mass is 32.2. The lowest BCUT2D eigenvalue weighted by molar-refractivity contribution is -0.122. The van der Waals surface area contributed by atoms with Crippen molar-refractivity contribution in [2.24, 2.45) is 0 Å². The lowest BCUT2D eigenvalue weighted by Crippen LogP contribution is -2.27. The van der Waals surface area contributed by atoms with Crippen LogP contribution in [0.5, 0.6) is 0 Å². The van der Waals surface area contributed by atoms with Gasteiger partial charge in [0.25, 0.3) is 11.5 Å². The number of aromatic nitrogens is 2. The quantitative estimate of drug-likeness (QED) is 0.465. The van der Waals surface area contributed by atoms with Gasteiger partial charge in [-0.1, -0.05) is 59.9 Å². The fraction of sp³-hybridized carbons (Fsp3) is 0.217. The number of thioether (sulfide) groups is 1. The van der Waals surface area contributed by atoms with Gasteiger partial charge >= 0.3 is 0 Å². The minimum atomic E-state index is -0.228. The van der Waals surface area contributed by atoms with Crippen molar-refractivity contribution in [1.29, 1.82) is 0 Å². The Hall–Kier alpha value is -2.97. The number of anilines is 1. The summed E-state index contributed by atoms with van der Waals surface area (Å²) in [5.41, 5.74) is 3.77. The summed E-state index contributed by atoms with van der Waals surface area (Å²) in [4.78, 5) is 32.9. The van der Waals surface area contributed by atoms with Gasteiger partial charge in [0, 0.05) is 12.7 Å². The fourth-order valence-electron chi connectivity index (χ4n) is 3.33. The molecule has 0 radical (unpaired) electrons. The van der Waals surface area contributed by atoms with Crippen molar-refractivity contribution < 1.29 is 4.79 Å². The predicted molar refractivity (Wildman–Crippen MR) is 130 cm³/mol. The van der Waals surface area contributed by atoms with Gasteiger partial charge in [-0.15, -0.1) is 0 Å². The number of hydrogen-bond donors (Lipinski definition) is 1. The van der Waals surface area contributed by atoms with Crippen LogP contribution in [0.2, 0.25) is 0 Å². The Labute approximate surface area is 190 Å². The molecule has 1 fully saturated rings. The number of nitrogens with one attached hydrogen (secondary N) is 1. The van der Waals surface area contributed by atoms with Crippen molar-refractivity contribution in [2.45, 2.75) is 27.3 Å². The molecule has 0 spiro atoms. The largest absolute Gasteiger partial charge is 0.370 e. The molecule has 0 unspecified atom stereocenters. The van der Waals surface area contributed by atoms with Crippen LogP contribution in [0.1, 0.15) is 29.2 Å². The van der Waals surface area contributed by atoms with E-state index in [4.69, 9.17) is 12.2 Å². The molecule has 1 aliphatic heterocycles. The molecule has 0 atom stereocenters. The average Bonchev–Trinajstić information content (AvgIpc) is 3.00. The highest BCUT2D eigenvalue weighted by Gasteiger charge is 2.32. The molecular formula is C23H22N4O2S2. The molecule has 4 rings (SSSR count). The van der Waals surface area contributed by atoms with E-state index < -0.39 is 0 Å². The number of nitrogens with zero attached hydrogens (tertiary/aromatic N) is 3. The van der Waals surface area contributed by atoms with E-state index in [2.05, 4.69) is 10.3 Å². The first-order chi connectivity index (χ1) is 14.9. The molecule has 3 heterocycles. The summed E-state index contributed by atoms with van der Waals surface area (Å²) in [6, 6.07) is 11.7. The Morgan fingerprint density at radius 3 is 2.52 bits per heavy atom. The molecule has 0 saturated carbocycles. The maximum Gasteiger partial charge on any atom is 0.267 e.